The molecule has 1 unspecified atom stereocenters. The number of hydrogen-bond donors (Lipinski definition) is 1. The van der Waals surface area contributed by atoms with E-state index in [0.717, 1.165) is 55.4 Å². The third-order valence-electron chi connectivity index (χ3n) is 16.4. The Kier molecular flexibility index (Phi) is 20.2. The minimum absolute atomic E-state index is 0. The summed E-state index contributed by atoms with van der Waals surface area (Å²) in [7, 11) is -3.15. The normalized spacial score (nSPS) is 11.4. The Balaban J connectivity index is 0.000000129. The molecule has 0 amide bonds. The number of hydrogen-bond acceptors (Lipinski definition) is 8. The van der Waals surface area contributed by atoms with Crippen LogP contribution in [-0.4, -0.2) is 92.6 Å². The molecule has 0 saturated heterocycles. The number of rotatable bonds is 4. The molecule has 0 saturated carbocycles. The zero-order chi connectivity index (χ0) is 61.2. The SMILES string of the molecule is Clc1nc(-c2ccccc2)c2ccccc2n1.O=[P+]([O-])O[O-].[K+].[K][K].c1ccc(-c2nc(-n3c4c5ccccc5ccc4c4c5ccccc5c5ccccc5c43)nc3ccccc23)cc1.c1ccc2c(c1)ccc1c2[nH]c2c3ccccc3c3ccccc3c12. The molecule has 10 nitrogen and oxygen atoms in total. The Labute approximate surface area is 615 Å². The molecule has 4 heterocycles. The number of aromatic amines is 1. The summed E-state index contributed by atoms with van der Waals surface area (Å²) in [6.07, 6.45) is 0. The molecule has 420 valence electrons. The van der Waals surface area contributed by atoms with Crippen molar-refractivity contribution in [1.82, 2.24) is 29.5 Å². The molecule has 0 spiro atoms. The minimum atomic E-state index is -3.15. The van der Waals surface area contributed by atoms with Crippen LogP contribution in [0.5, 0.6) is 0 Å². The molecule has 0 aliphatic heterocycles. The van der Waals surface area contributed by atoms with Gasteiger partial charge in [0.1, 0.15) is 0 Å². The zero-order valence-corrected chi connectivity index (χ0v) is 60.8. The molecule has 0 radical (unpaired) electrons. The monoisotopic (exact) mass is 1290 g/mol. The van der Waals surface area contributed by atoms with Gasteiger partial charge in [-0.05, 0) is 71.4 Å². The van der Waals surface area contributed by atoms with Crippen LogP contribution in [0.15, 0.2) is 279 Å². The first-order valence-corrected chi connectivity index (χ1v) is 47.1. The van der Waals surface area contributed by atoms with E-state index in [0.29, 0.717) is 5.95 Å². The number of nitrogens with zero attached hydrogens (tertiary/aromatic N) is 5. The molecule has 15 heteroatoms. The molecule has 0 bridgehead atoms. The summed E-state index contributed by atoms with van der Waals surface area (Å²) in [5, 5.41) is 31.0. The van der Waals surface area contributed by atoms with E-state index in [2.05, 4.69) is 243 Å². The Morgan fingerprint density at radius 3 is 1.33 bits per heavy atom. The standard InChI is InChI=1S/C38H23N3.C24H15N.C14H9ClN2.3K.HO4P/c1-2-13-25(14-3-1)35-31-20-10-11-21-33(31)39-38(40-35)41-36-26-15-5-4-12-24(26)22-23-32(36)34-29-18-8-6-16-27(29)28-17-7-9-19-30(28)37(34)41;1-2-8-16-15(7-1)13-14-21-22-19-11-5-3-9-17(19)18-10-4-6-12-20(18)24(22)25-23(16)21;15-14-16-12-9-5-4-8-11(12)13(17-14)10-6-2-1-3-7-10;;;;1-4-5(2)3/h1-23H;1-14,25H;1-9H;;;;1H/q;;;;;+1;/p-1. The molecule has 0 aliphatic carbocycles. The van der Waals surface area contributed by atoms with E-state index in [4.69, 9.17) is 36.3 Å². The second-order valence-electron chi connectivity index (χ2n) is 21.3. The van der Waals surface area contributed by atoms with Crippen LogP contribution in [0.4, 0.5) is 0 Å². The van der Waals surface area contributed by atoms with Crippen molar-refractivity contribution in [3.63, 3.8) is 0 Å². The molecular formula is C76H47ClK3N6O4P. The van der Waals surface area contributed by atoms with Crippen molar-refractivity contribution in [1.29, 1.82) is 0 Å². The molecule has 91 heavy (non-hydrogen) atoms. The third kappa shape index (κ3) is 12.4. The predicted octanol–water partition coefficient (Wildman–Crippen LogP) is 15.1. The average molecular weight is 1290 g/mol. The molecule has 1 N–H and O–H groups in total. The van der Waals surface area contributed by atoms with Crippen molar-refractivity contribution in [2.24, 2.45) is 0 Å². The van der Waals surface area contributed by atoms with Gasteiger partial charge >= 0.3 is 123 Å². The van der Waals surface area contributed by atoms with Crippen LogP contribution < -0.4 is 61.5 Å². The Morgan fingerprint density at radius 2 is 0.769 bits per heavy atom. The van der Waals surface area contributed by atoms with E-state index in [1.807, 2.05) is 60.7 Å². The van der Waals surface area contributed by atoms with Gasteiger partial charge in [0.2, 0.25) is 11.2 Å². The Bertz CT molecular complexity index is 5780. The van der Waals surface area contributed by atoms with E-state index in [9.17, 15) is 0 Å². The second-order valence-corrected chi connectivity index (χ2v) is 22.2. The number of halogens is 1. The summed E-state index contributed by atoms with van der Waals surface area (Å²) in [6.45, 7) is 0. The van der Waals surface area contributed by atoms with Gasteiger partial charge in [-0.2, -0.15) is 0 Å². The van der Waals surface area contributed by atoms with Crippen LogP contribution >= 0.6 is 19.9 Å². The summed E-state index contributed by atoms with van der Waals surface area (Å²) >= 11 is 8.45. The molecule has 1 atom stereocenters. The summed E-state index contributed by atoms with van der Waals surface area (Å²) in [4.78, 5) is 31.8. The Morgan fingerprint density at radius 1 is 0.374 bits per heavy atom. The predicted molar refractivity (Wildman–Crippen MR) is 370 cm³/mol. The summed E-state index contributed by atoms with van der Waals surface area (Å²) < 4.78 is 13.6. The van der Waals surface area contributed by atoms with Gasteiger partial charge in [-0.3, -0.25) is 4.57 Å². The number of fused-ring (bicyclic) bond motifs is 22. The first-order valence-electron chi connectivity index (χ1n) is 29.6. The van der Waals surface area contributed by atoms with Gasteiger partial charge in [0, 0.05) is 65.0 Å². The molecule has 0 aliphatic rings. The number of benzene rings is 14. The van der Waals surface area contributed by atoms with Crippen LogP contribution in [0.25, 0.3) is 159 Å². The fourth-order valence-corrected chi connectivity index (χ4v) is 12.9. The smallest absolute Gasteiger partial charge is 0.235 e. The largest absolute Gasteiger partial charge is 0.353 e. The minimum Gasteiger partial charge on any atom is -0.353 e. The molecular weight excluding hydrogens is 1240 g/mol. The van der Waals surface area contributed by atoms with E-state index in [-0.39, 0.29) is 56.7 Å². The van der Waals surface area contributed by atoms with Gasteiger partial charge < -0.3 is 15.1 Å². The van der Waals surface area contributed by atoms with Gasteiger partial charge in [0.25, 0.3) is 0 Å². The topological polar surface area (TPSA) is 145 Å². The van der Waals surface area contributed by atoms with Gasteiger partial charge in [0.15, 0.2) is 0 Å². The Hall–Kier alpha value is -5.90. The first kappa shape index (κ1) is 63.8. The van der Waals surface area contributed by atoms with Gasteiger partial charge in [-0.1, -0.05) is 267 Å². The van der Waals surface area contributed by atoms with Crippen molar-refractivity contribution in [2.75, 3.05) is 0 Å². The average Bonchev–Trinajstić information content (AvgIpc) is 1.58. The maximum atomic E-state index is 8.87. The van der Waals surface area contributed by atoms with E-state index >= 15 is 0 Å². The van der Waals surface area contributed by atoms with Crippen molar-refractivity contribution < 1.29 is 70.8 Å². The van der Waals surface area contributed by atoms with Crippen molar-refractivity contribution in [3.8, 4) is 28.5 Å². The maximum Gasteiger partial charge on any atom is 0.235 e. The van der Waals surface area contributed by atoms with E-state index in [1.54, 1.807) is 0 Å². The molecule has 4 aromatic heterocycles. The van der Waals surface area contributed by atoms with Gasteiger partial charge in [0.05, 0.1) is 44.5 Å². The van der Waals surface area contributed by atoms with Gasteiger partial charge in [-0.15, -0.1) is 0 Å². The van der Waals surface area contributed by atoms with Crippen LogP contribution in [0.1, 0.15) is 0 Å². The number of H-pyrrole nitrogens is 1. The van der Waals surface area contributed by atoms with Crippen LogP contribution in [0.2, 0.25) is 5.28 Å². The third-order valence-corrected chi connectivity index (χ3v) is 16.7. The summed E-state index contributed by atoms with van der Waals surface area (Å²) in [5.41, 5.74) is 10.5. The van der Waals surface area contributed by atoms with Crippen molar-refractivity contribution >= 4 is 213 Å². The van der Waals surface area contributed by atoms with Crippen molar-refractivity contribution in [3.05, 3.63) is 284 Å². The second kappa shape index (κ2) is 28.8. The molecule has 18 aromatic rings. The van der Waals surface area contributed by atoms with Crippen LogP contribution in [0.3, 0.4) is 0 Å². The number of para-hydroxylation sites is 2. The van der Waals surface area contributed by atoms with Gasteiger partial charge in [-0.25, -0.2) is 24.6 Å². The number of nitrogens with one attached hydrogen (secondary N) is 1. The van der Waals surface area contributed by atoms with Crippen LogP contribution in [-0.2, 0) is 9.24 Å². The molecule has 14 aromatic carbocycles. The van der Waals surface area contributed by atoms with E-state index < -0.39 is 8.25 Å². The number of aromatic nitrogens is 6. The maximum absolute atomic E-state index is 8.87. The fraction of sp³-hybridized carbons (Fsp3) is 0. The summed E-state index contributed by atoms with van der Waals surface area (Å²) in [5.74, 6) is 0.680. The fourth-order valence-electron chi connectivity index (χ4n) is 12.8. The summed E-state index contributed by atoms with van der Waals surface area (Å²) in [6, 6.07) is 97.8. The van der Waals surface area contributed by atoms with Crippen molar-refractivity contribution in [2.45, 2.75) is 0 Å². The van der Waals surface area contributed by atoms with E-state index in [1.165, 1.54) is 160 Å². The van der Waals surface area contributed by atoms with Crippen LogP contribution in [0, 0.1) is 0 Å². The molecule has 18 rings (SSSR count). The quantitative estimate of drug-likeness (QED) is 0.0458. The zero-order valence-electron chi connectivity index (χ0n) is 49.8. The molecule has 0 fully saturated rings. The first-order chi connectivity index (χ1) is 44.4.